The van der Waals surface area contributed by atoms with Crippen molar-refractivity contribution < 1.29 is 4.74 Å². The van der Waals surface area contributed by atoms with E-state index in [9.17, 15) is 0 Å². The number of nitrogens with two attached hydrogens (primary N) is 1. The Balaban J connectivity index is 2.83. The van der Waals surface area contributed by atoms with Crippen molar-refractivity contribution in [1.29, 1.82) is 0 Å². The highest BCUT2D eigenvalue weighted by Gasteiger charge is 1.88. The molecule has 54 valence electrons. The molecule has 2 N–H and O–H groups in total. The van der Waals surface area contributed by atoms with Crippen molar-refractivity contribution in [3.05, 3.63) is 0 Å². The molecule has 0 radical (unpaired) electrons. The third-order valence-electron chi connectivity index (χ3n) is 1.02. The zero-order valence-corrected chi connectivity index (χ0v) is 6.54. The summed E-state index contributed by atoms with van der Waals surface area (Å²) in [5, 5.41) is 0. The Labute approximate surface area is 61.4 Å². The first-order chi connectivity index (χ1) is 4.27. The van der Waals surface area contributed by atoms with E-state index in [0.717, 1.165) is 25.9 Å². The van der Waals surface area contributed by atoms with E-state index < -0.39 is 0 Å². The molecular formula is C6H13NOS. The lowest BCUT2D eigenvalue weighted by Gasteiger charge is -1.96. The smallest absolute Gasteiger partial charge is 0.0727 e. The standard InChI is InChI=1S/C6H13NOS/c1-8-5-3-2-4-6(7)9/h2-5H2,1H3,(H2,7,9). The van der Waals surface area contributed by atoms with Crippen LogP contribution in [0.2, 0.25) is 0 Å². The molecule has 0 aliphatic rings. The summed E-state index contributed by atoms with van der Waals surface area (Å²) in [4.78, 5) is 0.603. The Kier molecular flexibility index (Phi) is 5.88. The SMILES string of the molecule is COCCCCC(N)=S. The van der Waals surface area contributed by atoms with Gasteiger partial charge >= 0.3 is 0 Å². The van der Waals surface area contributed by atoms with Crippen LogP contribution in [0.4, 0.5) is 0 Å². The highest BCUT2D eigenvalue weighted by Crippen LogP contribution is 1.94. The molecule has 0 aromatic carbocycles. The van der Waals surface area contributed by atoms with Gasteiger partial charge in [-0.15, -0.1) is 0 Å². The summed E-state index contributed by atoms with van der Waals surface area (Å²) < 4.78 is 4.84. The monoisotopic (exact) mass is 147 g/mol. The van der Waals surface area contributed by atoms with Gasteiger partial charge in [0, 0.05) is 13.7 Å². The maximum absolute atomic E-state index is 5.27. The van der Waals surface area contributed by atoms with E-state index in [0.29, 0.717) is 4.99 Å². The van der Waals surface area contributed by atoms with Crippen LogP contribution in [-0.4, -0.2) is 18.7 Å². The number of ether oxygens (including phenoxy) is 1. The predicted molar refractivity (Wildman–Crippen MR) is 42.5 cm³/mol. The summed E-state index contributed by atoms with van der Waals surface area (Å²) in [5.41, 5.74) is 5.27. The first-order valence-corrected chi connectivity index (χ1v) is 3.45. The third-order valence-corrected chi connectivity index (χ3v) is 1.23. The van der Waals surface area contributed by atoms with Crippen molar-refractivity contribution in [2.75, 3.05) is 13.7 Å². The van der Waals surface area contributed by atoms with E-state index in [1.807, 2.05) is 0 Å². The molecule has 0 unspecified atom stereocenters. The molecule has 9 heavy (non-hydrogen) atoms. The second-order valence-corrected chi connectivity index (χ2v) is 2.44. The molecule has 0 atom stereocenters. The summed E-state index contributed by atoms with van der Waals surface area (Å²) in [5.74, 6) is 0. The van der Waals surface area contributed by atoms with Gasteiger partial charge in [-0.1, -0.05) is 12.2 Å². The highest BCUT2D eigenvalue weighted by atomic mass is 32.1. The van der Waals surface area contributed by atoms with Gasteiger partial charge in [-0.3, -0.25) is 0 Å². The Bertz CT molecular complexity index is 85.1. The summed E-state index contributed by atoms with van der Waals surface area (Å²) in [6, 6.07) is 0. The Morgan fingerprint density at radius 1 is 1.56 bits per heavy atom. The average Bonchev–Trinajstić information content (AvgIpc) is 1.80. The molecule has 3 heteroatoms. The summed E-state index contributed by atoms with van der Waals surface area (Å²) in [6.45, 7) is 0.808. The molecule has 0 aromatic heterocycles. The Morgan fingerprint density at radius 3 is 2.67 bits per heavy atom. The highest BCUT2D eigenvalue weighted by molar-refractivity contribution is 7.80. The van der Waals surface area contributed by atoms with Crippen molar-refractivity contribution in [2.45, 2.75) is 19.3 Å². The number of hydrogen-bond acceptors (Lipinski definition) is 2. The summed E-state index contributed by atoms with van der Waals surface area (Å²) in [6.07, 6.45) is 2.94. The minimum absolute atomic E-state index is 0.603. The normalized spacial score (nSPS) is 9.44. The van der Waals surface area contributed by atoms with Crippen LogP contribution in [0.5, 0.6) is 0 Å². The second kappa shape index (κ2) is 5.98. The van der Waals surface area contributed by atoms with E-state index in [1.54, 1.807) is 7.11 Å². The van der Waals surface area contributed by atoms with Crippen LogP contribution in [0, 0.1) is 0 Å². The molecule has 0 spiro atoms. The number of rotatable bonds is 5. The van der Waals surface area contributed by atoms with Crippen LogP contribution in [0.3, 0.4) is 0 Å². The topological polar surface area (TPSA) is 35.2 Å². The number of methoxy groups -OCH3 is 1. The molecule has 0 amide bonds. The second-order valence-electron chi connectivity index (χ2n) is 1.92. The fourth-order valence-corrected chi connectivity index (χ4v) is 0.690. The molecule has 0 aliphatic heterocycles. The summed E-state index contributed by atoms with van der Waals surface area (Å²) in [7, 11) is 1.70. The molecule has 0 saturated heterocycles. The van der Waals surface area contributed by atoms with E-state index in [-0.39, 0.29) is 0 Å². The molecule has 0 aromatic rings. The van der Waals surface area contributed by atoms with Crippen molar-refractivity contribution >= 4 is 17.2 Å². The minimum atomic E-state index is 0.603. The first-order valence-electron chi connectivity index (χ1n) is 3.04. The van der Waals surface area contributed by atoms with Crippen LogP contribution in [0.1, 0.15) is 19.3 Å². The lowest BCUT2D eigenvalue weighted by atomic mass is 10.2. The van der Waals surface area contributed by atoms with Crippen molar-refractivity contribution in [3.8, 4) is 0 Å². The molecule has 0 rings (SSSR count). The first kappa shape index (κ1) is 8.85. The summed E-state index contributed by atoms with van der Waals surface area (Å²) >= 11 is 4.68. The average molecular weight is 147 g/mol. The third kappa shape index (κ3) is 7.85. The fraction of sp³-hybridized carbons (Fsp3) is 0.833. The minimum Gasteiger partial charge on any atom is -0.393 e. The van der Waals surface area contributed by atoms with Crippen molar-refractivity contribution in [1.82, 2.24) is 0 Å². The van der Waals surface area contributed by atoms with E-state index in [4.69, 9.17) is 10.5 Å². The predicted octanol–water partition coefficient (Wildman–Crippen LogP) is 1.09. The van der Waals surface area contributed by atoms with Gasteiger partial charge in [0.1, 0.15) is 0 Å². The van der Waals surface area contributed by atoms with Gasteiger partial charge in [-0.05, 0) is 19.3 Å². The van der Waals surface area contributed by atoms with Gasteiger partial charge in [0.15, 0.2) is 0 Å². The van der Waals surface area contributed by atoms with Crippen LogP contribution in [0.25, 0.3) is 0 Å². The zero-order valence-electron chi connectivity index (χ0n) is 5.72. The number of hydrogen-bond donors (Lipinski definition) is 1. The lowest BCUT2D eigenvalue weighted by Crippen LogP contribution is -2.07. The van der Waals surface area contributed by atoms with Crippen LogP contribution >= 0.6 is 12.2 Å². The Morgan fingerprint density at radius 2 is 2.22 bits per heavy atom. The van der Waals surface area contributed by atoms with E-state index in [2.05, 4.69) is 12.2 Å². The van der Waals surface area contributed by atoms with Crippen LogP contribution < -0.4 is 5.73 Å². The maximum atomic E-state index is 5.27. The number of unbranched alkanes of at least 4 members (excludes halogenated alkanes) is 1. The lowest BCUT2D eigenvalue weighted by molar-refractivity contribution is 0.193. The zero-order chi connectivity index (χ0) is 7.11. The van der Waals surface area contributed by atoms with Crippen LogP contribution in [0.15, 0.2) is 0 Å². The molecule has 0 aliphatic carbocycles. The van der Waals surface area contributed by atoms with Gasteiger partial charge < -0.3 is 10.5 Å². The van der Waals surface area contributed by atoms with Gasteiger partial charge in [0.25, 0.3) is 0 Å². The van der Waals surface area contributed by atoms with Gasteiger partial charge in [-0.2, -0.15) is 0 Å². The van der Waals surface area contributed by atoms with E-state index >= 15 is 0 Å². The van der Waals surface area contributed by atoms with Crippen molar-refractivity contribution in [3.63, 3.8) is 0 Å². The van der Waals surface area contributed by atoms with Crippen molar-refractivity contribution in [2.24, 2.45) is 5.73 Å². The van der Waals surface area contributed by atoms with Crippen LogP contribution in [-0.2, 0) is 4.74 Å². The quantitative estimate of drug-likeness (QED) is 0.467. The van der Waals surface area contributed by atoms with E-state index in [1.165, 1.54) is 0 Å². The van der Waals surface area contributed by atoms with Gasteiger partial charge in [-0.25, -0.2) is 0 Å². The molecule has 0 fully saturated rings. The number of thiocarbonyl (C=S) groups is 1. The van der Waals surface area contributed by atoms with Gasteiger partial charge in [0.05, 0.1) is 4.99 Å². The molecule has 0 heterocycles. The molecule has 0 saturated carbocycles. The molecule has 0 bridgehead atoms. The molecular weight excluding hydrogens is 134 g/mol. The van der Waals surface area contributed by atoms with Gasteiger partial charge in [0.2, 0.25) is 0 Å². The maximum Gasteiger partial charge on any atom is 0.0727 e. The Hall–Kier alpha value is -0.150. The molecule has 2 nitrogen and oxygen atoms in total. The fourth-order valence-electron chi connectivity index (χ4n) is 0.546. The largest absolute Gasteiger partial charge is 0.393 e.